The van der Waals surface area contributed by atoms with Crippen LogP contribution in [0.4, 0.5) is 0 Å². The summed E-state index contributed by atoms with van der Waals surface area (Å²) in [6.07, 6.45) is 4.49. The minimum atomic E-state index is -0.130. The van der Waals surface area contributed by atoms with Gasteiger partial charge in [0.2, 0.25) is 0 Å². The van der Waals surface area contributed by atoms with Crippen molar-refractivity contribution in [1.29, 1.82) is 0 Å². The summed E-state index contributed by atoms with van der Waals surface area (Å²) in [5.74, 6) is 0. The summed E-state index contributed by atoms with van der Waals surface area (Å²) in [7, 11) is 0. The molecule has 0 aromatic carbocycles. The van der Waals surface area contributed by atoms with Crippen LogP contribution in [-0.4, -0.2) is 17.7 Å². The van der Waals surface area contributed by atoms with E-state index in [0.29, 0.717) is 5.41 Å². The van der Waals surface area contributed by atoms with E-state index in [0.717, 1.165) is 19.4 Å². The number of ether oxygens (including phenoxy) is 1. The van der Waals surface area contributed by atoms with Crippen molar-refractivity contribution in [3.05, 3.63) is 0 Å². The molecule has 0 spiro atoms. The Morgan fingerprint density at radius 2 is 1.47 bits per heavy atom. The van der Waals surface area contributed by atoms with Gasteiger partial charge in [0.15, 0.2) is 0 Å². The summed E-state index contributed by atoms with van der Waals surface area (Å²) < 4.78 is 6.01. The van der Waals surface area contributed by atoms with Gasteiger partial charge in [0.1, 0.15) is 0 Å². The molecule has 0 saturated carbocycles. The summed E-state index contributed by atoms with van der Waals surface area (Å²) in [5, 5.41) is 0. The Labute approximate surface area is 108 Å². The Kier molecular flexibility index (Phi) is 6.16. The van der Waals surface area contributed by atoms with Crippen LogP contribution in [0.3, 0.4) is 0 Å². The zero-order chi connectivity index (χ0) is 13.7. The van der Waals surface area contributed by atoms with Gasteiger partial charge in [-0.1, -0.05) is 27.2 Å². The molecular weight excluding hydrogens is 210 g/mol. The van der Waals surface area contributed by atoms with Gasteiger partial charge in [-0.2, -0.15) is 0 Å². The third-order valence-electron chi connectivity index (χ3n) is 3.07. The summed E-state index contributed by atoms with van der Waals surface area (Å²) in [6, 6.07) is 0. The Morgan fingerprint density at radius 3 is 1.88 bits per heavy atom. The van der Waals surface area contributed by atoms with Crippen LogP contribution >= 0.6 is 0 Å². The van der Waals surface area contributed by atoms with Crippen molar-refractivity contribution < 1.29 is 4.74 Å². The summed E-state index contributed by atoms with van der Waals surface area (Å²) in [5.41, 5.74) is 6.14. The van der Waals surface area contributed by atoms with Crippen molar-refractivity contribution in [2.75, 3.05) is 6.61 Å². The van der Waals surface area contributed by atoms with E-state index < -0.39 is 0 Å². The van der Waals surface area contributed by atoms with Gasteiger partial charge >= 0.3 is 0 Å². The SMILES string of the molecule is CCCC(C)(C)CC(C)(C)OCCC(C)(C)N. The maximum absolute atomic E-state index is 6.01. The van der Waals surface area contributed by atoms with Gasteiger partial charge in [-0.3, -0.25) is 0 Å². The molecule has 0 unspecified atom stereocenters. The quantitative estimate of drug-likeness (QED) is 0.696. The van der Waals surface area contributed by atoms with Crippen LogP contribution in [0.1, 0.15) is 74.1 Å². The Hall–Kier alpha value is -0.0800. The van der Waals surface area contributed by atoms with Gasteiger partial charge in [0, 0.05) is 12.1 Å². The molecule has 17 heavy (non-hydrogen) atoms. The molecule has 0 amide bonds. The van der Waals surface area contributed by atoms with E-state index in [1.54, 1.807) is 0 Å². The van der Waals surface area contributed by atoms with Crippen LogP contribution < -0.4 is 5.73 Å². The maximum atomic E-state index is 6.01. The minimum absolute atomic E-state index is 0.0517. The van der Waals surface area contributed by atoms with E-state index in [1.807, 2.05) is 13.8 Å². The van der Waals surface area contributed by atoms with E-state index >= 15 is 0 Å². The van der Waals surface area contributed by atoms with Gasteiger partial charge in [-0.25, -0.2) is 0 Å². The highest BCUT2D eigenvalue weighted by molar-refractivity contribution is 4.80. The molecule has 0 heterocycles. The minimum Gasteiger partial charge on any atom is -0.375 e. The lowest BCUT2D eigenvalue weighted by Gasteiger charge is -2.35. The van der Waals surface area contributed by atoms with Crippen molar-refractivity contribution in [3.63, 3.8) is 0 Å². The lowest BCUT2D eigenvalue weighted by molar-refractivity contribution is -0.0517. The van der Waals surface area contributed by atoms with Crippen LogP contribution in [0.25, 0.3) is 0 Å². The van der Waals surface area contributed by atoms with Crippen LogP contribution in [0.15, 0.2) is 0 Å². The Morgan fingerprint density at radius 1 is 0.941 bits per heavy atom. The van der Waals surface area contributed by atoms with Crippen LogP contribution in [-0.2, 0) is 4.74 Å². The molecule has 0 aromatic heterocycles. The highest BCUT2D eigenvalue weighted by Crippen LogP contribution is 2.34. The zero-order valence-electron chi connectivity index (χ0n) is 13.0. The van der Waals surface area contributed by atoms with E-state index in [9.17, 15) is 0 Å². The second-order valence-electron chi connectivity index (χ2n) is 7.44. The molecule has 0 aliphatic heterocycles. The summed E-state index contributed by atoms with van der Waals surface area (Å²) in [4.78, 5) is 0. The fourth-order valence-corrected chi connectivity index (χ4v) is 2.56. The molecule has 0 saturated heterocycles. The molecule has 104 valence electrons. The molecule has 0 atom stereocenters. The monoisotopic (exact) mass is 243 g/mol. The molecule has 0 aliphatic carbocycles. The molecule has 0 aliphatic rings. The lowest BCUT2D eigenvalue weighted by atomic mass is 9.78. The second kappa shape index (κ2) is 6.19. The average Bonchev–Trinajstić information content (AvgIpc) is 1.96. The topological polar surface area (TPSA) is 35.2 Å². The molecule has 2 nitrogen and oxygen atoms in total. The third-order valence-corrected chi connectivity index (χ3v) is 3.07. The fourth-order valence-electron chi connectivity index (χ4n) is 2.56. The number of nitrogens with two attached hydrogens (primary N) is 1. The summed E-state index contributed by atoms with van der Waals surface area (Å²) in [6.45, 7) is 16.1. The average molecular weight is 243 g/mol. The normalized spacial score (nSPS) is 14.1. The largest absolute Gasteiger partial charge is 0.375 e. The van der Waals surface area contributed by atoms with Crippen molar-refractivity contribution in [2.45, 2.75) is 85.3 Å². The molecule has 0 aromatic rings. The Bertz CT molecular complexity index is 213. The van der Waals surface area contributed by atoms with E-state index in [2.05, 4.69) is 34.6 Å². The highest BCUT2D eigenvalue weighted by Gasteiger charge is 2.29. The zero-order valence-corrected chi connectivity index (χ0v) is 13.0. The maximum Gasteiger partial charge on any atom is 0.0631 e. The number of rotatable bonds is 8. The van der Waals surface area contributed by atoms with Crippen LogP contribution in [0.5, 0.6) is 0 Å². The molecule has 0 radical (unpaired) electrons. The van der Waals surface area contributed by atoms with Crippen molar-refractivity contribution in [1.82, 2.24) is 0 Å². The van der Waals surface area contributed by atoms with Gasteiger partial charge in [0.05, 0.1) is 5.60 Å². The van der Waals surface area contributed by atoms with Gasteiger partial charge in [0.25, 0.3) is 0 Å². The first-order valence-electron chi connectivity index (χ1n) is 6.90. The van der Waals surface area contributed by atoms with E-state index in [1.165, 1.54) is 12.8 Å². The number of hydrogen-bond acceptors (Lipinski definition) is 2. The van der Waals surface area contributed by atoms with E-state index in [4.69, 9.17) is 10.5 Å². The fraction of sp³-hybridized carbons (Fsp3) is 1.00. The Balaban J connectivity index is 4.11. The highest BCUT2D eigenvalue weighted by atomic mass is 16.5. The molecule has 2 heteroatoms. The van der Waals surface area contributed by atoms with Crippen molar-refractivity contribution in [3.8, 4) is 0 Å². The lowest BCUT2D eigenvalue weighted by Crippen LogP contribution is -2.37. The first kappa shape index (κ1) is 16.9. The molecule has 0 bridgehead atoms. The third kappa shape index (κ3) is 9.61. The molecule has 2 N–H and O–H groups in total. The van der Waals surface area contributed by atoms with Crippen molar-refractivity contribution >= 4 is 0 Å². The van der Waals surface area contributed by atoms with E-state index in [-0.39, 0.29) is 11.1 Å². The van der Waals surface area contributed by atoms with Gasteiger partial charge < -0.3 is 10.5 Å². The van der Waals surface area contributed by atoms with Crippen LogP contribution in [0.2, 0.25) is 0 Å². The molecular formula is C15H33NO. The summed E-state index contributed by atoms with van der Waals surface area (Å²) >= 11 is 0. The molecule has 0 fully saturated rings. The first-order chi connectivity index (χ1) is 7.47. The first-order valence-corrected chi connectivity index (χ1v) is 6.90. The van der Waals surface area contributed by atoms with Crippen LogP contribution in [0, 0.1) is 5.41 Å². The van der Waals surface area contributed by atoms with Crippen molar-refractivity contribution in [2.24, 2.45) is 11.1 Å². The standard InChI is InChI=1S/C15H33NO/c1-8-9-13(2,3)12-15(6,7)17-11-10-14(4,5)16/h8-12,16H2,1-7H3. The predicted molar refractivity (Wildman–Crippen MR) is 76.2 cm³/mol. The predicted octanol–water partition coefficient (Wildman–Crippen LogP) is 4.13. The molecule has 0 rings (SSSR count). The van der Waals surface area contributed by atoms with Gasteiger partial charge in [-0.05, 0) is 52.4 Å². The van der Waals surface area contributed by atoms with Gasteiger partial charge in [-0.15, -0.1) is 0 Å². The smallest absolute Gasteiger partial charge is 0.0631 e. The second-order valence-corrected chi connectivity index (χ2v) is 7.44. The number of hydrogen-bond donors (Lipinski definition) is 1.